The molecule has 1 atom stereocenters. The number of carbonyl (C=O) groups excluding carboxylic acids is 1. The summed E-state index contributed by atoms with van der Waals surface area (Å²) in [4.78, 5) is 11.3. The van der Waals surface area contributed by atoms with Crippen LogP contribution in [0.1, 0.15) is 26.7 Å². The second-order valence-electron chi connectivity index (χ2n) is 4.41. The topological polar surface area (TPSA) is 41.1 Å². The van der Waals surface area contributed by atoms with Crippen LogP contribution in [-0.4, -0.2) is 36.5 Å². The van der Waals surface area contributed by atoms with Crippen molar-refractivity contribution in [3.63, 3.8) is 0 Å². The van der Waals surface area contributed by atoms with Crippen molar-refractivity contribution in [2.24, 2.45) is 5.92 Å². The molecule has 4 heteroatoms. The number of hydrogen-bond donors (Lipinski definition) is 2. The van der Waals surface area contributed by atoms with Crippen molar-refractivity contribution in [3.8, 4) is 0 Å². The molecule has 1 unspecified atom stereocenters. The van der Waals surface area contributed by atoms with Crippen LogP contribution in [0, 0.1) is 5.92 Å². The van der Waals surface area contributed by atoms with Crippen molar-refractivity contribution in [2.45, 2.75) is 32.7 Å². The zero-order valence-corrected chi connectivity index (χ0v) is 10.5. The monoisotopic (exact) mass is 230 g/mol. The van der Waals surface area contributed by atoms with Gasteiger partial charge in [-0.15, -0.1) is 0 Å². The van der Waals surface area contributed by atoms with E-state index in [1.165, 1.54) is 17.9 Å². The minimum absolute atomic E-state index is 0.151. The van der Waals surface area contributed by atoms with Gasteiger partial charge in [0.15, 0.2) is 0 Å². The lowest BCUT2D eigenvalue weighted by Gasteiger charge is -2.11. The van der Waals surface area contributed by atoms with Crippen molar-refractivity contribution in [3.05, 3.63) is 0 Å². The van der Waals surface area contributed by atoms with Crippen LogP contribution in [0.2, 0.25) is 0 Å². The first-order valence-corrected chi connectivity index (χ1v) is 6.91. The summed E-state index contributed by atoms with van der Waals surface area (Å²) < 4.78 is 0. The van der Waals surface area contributed by atoms with Crippen LogP contribution in [0.3, 0.4) is 0 Å². The van der Waals surface area contributed by atoms with Gasteiger partial charge < -0.3 is 10.6 Å². The smallest absolute Gasteiger partial charge is 0.221 e. The van der Waals surface area contributed by atoms with Gasteiger partial charge in [0, 0.05) is 19.0 Å². The third-order valence-electron chi connectivity index (χ3n) is 2.44. The van der Waals surface area contributed by atoms with E-state index in [1.54, 1.807) is 0 Å². The minimum Gasteiger partial charge on any atom is -0.354 e. The number of hydrogen-bond acceptors (Lipinski definition) is 3. The van der Waals surface area contributed by atoms with Crippen molar-refractivity contribution in [1.82, 2.24) is 10.6 Å². The zero-order valence-electron chi connectivity index (χ0n) is 9.71. The fourth-order valence-electron chi connectivity index (χ4n) is 1.65. The summed E-state index contributed by atoms with van der Waals surface area (Å²) in [5.74, 6) is 3.56. The zero-order chi connectivity index (χ0) is 11.1. The molecule has 1 rings (SSSR count). The average molecular weight is 230 g/mol. The Labute approximate surface area is 96.8 Å². The number of nitrogens with one attached hydrogen (secondary N) is 2. The van der Waals surface area contributed by atoms with E-state index in [4.69, 9.17) is 0 Å². The summed E-state index contributed by atoms with van der Waals surface area (Å²) >= 11 is 2.04. The molecule has 0 saturated carbocycles. The molecule has 0 aromatic rings. The molecule has 0 aromatic carbocycles. The van der Waals surface area contributed by atoms with Crippen molar-refractivity contribution in [1.29, 1.82) is 0 Å². The highest BCUT2D eigenvalue weighted by molar-refractivity contribution is 7.99. The molecule has 2 N–H and O–H groups in total. The maximum atomic E-state index is 11.3. The van der Waals surface area contributed by atoms with Crippen LogP contribution in [0.5, 0.6) is 0 Å². The molecule has 0 bridgehead atoms. The maximum absolute atomic E-state index is 11.3. The van der Waals surface area contributed by atoms with E-state index in [0.29, 0.717) is 6.42 Å². The van der Waals surface area contributed by atoms with Gasteiger partial charge in [0.2, 0.25) is 5.91 Å². The van der Waals surface area contributed by atoms with Gasteiger partial charge in [0.05, 0.1) is 0 Å². The Hall–Kier alpha value is -0.220. The molecule has 1 heterocycles. The van der Waals surface area contributed by atoms with Crippen LogP contribution in [0.4, 0.5) is 0 Å². The summed E-state index contributed by atoms with van der Waals surface area (Å²) in [6.45, 7) is 5.85. The van der Waals surface area contributed by atoms with Gasteiger partial charge in [-0.1, -0.05) is 0 Å². The number of amides is 1. The third kappa shape index (κ3) is 6.05. The lowest BCUT2D eigenvalue weighted by Crippen LogP contribution is -2.33. The maximum Gasteiger partial charge on any atom is 0.221 e. The van der Waals surface area contributed by atoms with Gasteiger partial charge in [0.25, 0.3) is 0 Å². The van der Waals surface area contributed by atoms with E-state index in [1.807, 2.05) is 25.6 Å². The molecule has 1 aliphatic rings. The minimum atomic E-state index is 0.151. The van der Waals surface area contributed by atoms with Crippen LogP contribution >= 0.6 is 11.8 Å². The second-order valence-corrected chi connectivity index (χ2v) is 5.56. The highest BCUT2D eigenvalue weighted by Gasteiger charge is 2.14. The SMILES string of the molecule is CC(C)NC(=O)CCNCC1CCSC1. The quantitative estimate of drug-likeness (QED) is 0.675. The molecule has 0 aliphatic carbocycles. The lowest BCUT2D eigenvalue weighted by atomic mass is 10.1. The molecule has 1 fully saturated rings. The van der Waals surface area contributed by atoms with Crippen molar-refractivity contribution in [2.75, 3.05) is 24.6 Å². The Morgan fingerprint density at radius 1 is 1.53 bits per heavy atom. The number of carbonyl (C=O) groups is 1. The number of thioether (sulfide) groups is 1. The van der Waals surface area contributed by atoms with Gasteiger partial charge in [-0.05, 0) is 44.2 Å². The van der Waals surface area contributed by atoms with Gasteiger partial charge in [-0.25, -0.2) is 0 Å². The average Bonchev–Trinajstić information content (AvgIpc) is 2.63. The Bertz CT molecular complexity index is 191. The van der Waals surface area contributed by atoms with E-state index in [9.17, 15) is 4.79 Å². The molecular weight excluding hydrogens is 208 g/mol. The third-order valence-corrected chi connectivity index (χ3v) is 3.67. The summed E-state index contributed by atoms with van der Waals surface area (Å²) in [5, 5.41) is 6.25. The first-order chi connectivity index (χ1) is 7.18. The second kappa shape index (κ2) is 7.12. The Kier molecular flexibility index (Phi) is 6.10. The molecule has 0 radical (unpaired) electrons. The normalized spacial score (nSPS) is 20.9. The summed E-state index contributed by atoms with van der Waals surface area (Å²) in [5.41, 5.74) is 0. The Balaban J connectivity index is 1.94. The Morgan fingerprint density at radius 3 is 2.93 bits per heavy atom. The molecule has 1 amide bonds. The fourth-order valence-corrected chi connectivity index (χ4v) is 2.93. The Morgan fingerprint density at radius 2 is 2.33 bits per heavy atom. The predicted octanol–water partition coefficient (Wildman–Crippen LogP) is 1.24. The van der Waals surface area contributed by atoms with Crippen LogP contribution in [0.15, 0.2) is 0 Å². The molecule has 0 aromatic heterocycles. The molecule has 1 aliphatic heterocycles. The van der Waals surface area contributed by atoms with Crippen LogP contribution in [0.25, 0.3) is 0 Å². The number of rotatable bonds is 6. The molecule has 0 spiro atoms. The van der Waals surface area contributed by atoms with E-state index in [2.05, 4.69) is 10.6 Å². The van der Waals surface area contributed by atoms with E-state index in [-0.39, 0.29) is 11.9 Å². The fraction of sp³-hybridized carbons (Fsp3) is 0.909. The molecule has 3 nitrogen and oxygen atoms in total. The predicted molar refractivity (Wildman–Crippen MR) is 66.2 cm³/mol. The standard InChI is InChI=1S/C11H22N2OS/c1-9(2)13-11(14)3-5-12-7-10-4-6-15-8-10/h9-10,12H,3-8H2,1-2H3,(H,13,14). The highest BCUT2D eigenvalue weighted by atomic mass is 32.2. The summed E-state index contributed by atoms with van der Waals surface area (Å²) in [6.07, 6.45) is 1.92. The summed E-state index contributed by atoms with van der Waals surface area (Å²) in [7, 11) is 0. The lowest BCUT2D eigenvalue weighted by molar-refractivity contribution is -0.121. The van der Waals surface area contributed by atoms with E-state index < -0.39 is 0 Å². The van der Waals surface area contributed by atoms with E-state index >= 15 is 0 Å². The van der Waals surface area contributed by atoms with Crippen LogP contribution in [-0.2, 0) is 4.79 Å². The summed E-state index contributed by atoms with van der Waals surface area (Å²) in [6, 6.07) is 0.253. The van der Waals surface area contributed by atoms with Gasteiger partial charge in [-0.3, -0.25) is 4.79 Å². The molecule has 88 valence electrons. The first-order valence-electron chi connectivity index (χ1n) is 5.76. The van der Waals surface area contributed by atoms with E-state index in [0.717, 1.165) is 19.0 Å². The van der Waals surface area contributed by atoms with Gasteiger partial charge in [0.1, 0.15) is 0 Å². The van der Waals surface area contributed by atoms with Crippen molar-refractivity contribution < 1.29 is 4.79 Å². The molecule has 1 saturated heterocycles. The van der Waals surface area contributed by atoms with Crippen LogP contribution < -0.4 is 10.6 Å². The first kappa shape index (κ1) is 12.8. The van der Waals surface area contributed by atoms with Gasteiger partial charge >= 0.3 is 0 Å². The largest absolute Gasteiger partial charge is 0.354 e. The molecule has 15 heavy (non-hydrogen) atoms. The van der Waals surface area contributed by atoms with Gasteiger partial charge in [-0.2, -0.15) is 11.8 Å². The molecular formula is C11H22N2OS. The highest BCUT2D eigenvalue weighted by Crippen LogP contribution is 2.22. The van der Waals surface area contributed by atoms with Crippen molar-refractivity contribution >= 4 is 17.7 Å².